The molecule has 0 saturated heterocycles. The van der Waals surface area contributed by atoms with Gasteiger partial charge in [0.15, 0.2) is 0 Å². The monoisotopic (exact) mass is 986 g/mol. The molecule has 0 N–H and O–H groups in total. The first-order valence-electron chi connectivity index (χ1n) is 26.3. The maximum atomic E-state index is 12.9. The number of ether oxygens (including phenoxy) is 4. The lowest BCUT2D eigenvalue weighted by Crippen LogP contribution is -2.17. The van der Waals surface area contributed by atoms with Crippen molar-refractivity contribution in [3.05, 3.63) is 191 Å². The molecule has 0 aliphatic heterocycles. The van der Waals surface area contributed by atoms with Crippen LogP contribution >= 0.6 is 0 Å². The quantitative estimate of drug-likeness (QED) is 0.0608. The summed E-state index contributed by atoms with van der Waals surface area (Å²) in [5.41, 5.74) is 13.9. The number of nitro benzene ring substituents is 1. The Morgan fingerprint density at radius 1 is 0.452 bits per heavy atom. The fourth-order valence-corrected chi connectivity index (χ4v) is 9.61. The maximum absolute atomic E-state index is 12.9. The van der Waals surface area contributed by atoms with Gasteiger partial charge in [0.25, 0.3) is 5.69 Å². The average molecular weight is 986 g/mol. The van der Waals surface area contributed by atoms with E-state index in [1.165, 1.54) is 22.3 Å². The van der Waals surface area contributed by atoms with Crippen LogP contribution in [0.4, 0.5) is 5.69 Å². The van der Waals surface area contributed by atoms with E-state index >= 15 is 0 Å². The summed E-state index contributed by atoms with van der Waals surface area (Å²) in [6.07, 6.45) is 3.86. The molecule has 1 aliphatic rings. The first kappa shape index (κ1) is 54.4. The van der Waals surface area contributed by atoms with Crippen LogP contribution in [-0.2, 0) is 60.6 Å². The first-order valence-corrected chi connectivity index (χ1v) is 26.3. The Morgan fingerprint density at radius 2 is 0.753 bits per heavy atom. The van der Waals surface area contributed by atoms with Crippen molar-refractivity contribution in [3.63, 3.8) is 0 Å². The summed E-state index contributed by atoms with van der Waals surface area (Å²) in [5.74, 6) is 2.74. The van der Waals surface area contributed by atoms with Crippen molar-refractivity contribution in [1.29, 1.82) is 0 Å². The van der Waals surface area contributed by atoms with Gasteiger partial charge in [0.05, 0.1) is 18.1 Å². The summed E-state index contributed by atoms with van der Waals surface area (Å²) in [6, 6.07) is 33.1. The van der Waals surface area contributed by atoms with Crippen LogP contribution in [-0.4, -0.2) is 24.4 Å². The molecule has 0 atom stereocenters. The summed E-state index contributed by atoms with van der Waals surface area (Å²) in [5, 5.41) is 12.9. The molecule has 0 amide bonds. The predicted molar refractivity (Wildman–Crippen MR) is 297 cm³/mol. The number of para-hydroxylation sites is 2. The second kappa shape index (κ2) is 22.0. The second-order valence-electron chi connectivity index (χ2n) is 24.3. The highest BCUT2D eigenvalue weighted by molar-refractivity contribution is 5.77. The molecule has 0 aromatic heterocycles. The van der Waals surface area contributed by atoms with Gasteiger partial charge < -0.3 is 18.9 Å². The summed E-state index contributed by atoms with van der Waals surface area (Å²) in [7, 11) is 0. The molecule has 8 heteroatoms. The largest absolute Gasteiger partial charge is 0.493 e. The van der Waals surface area contributed by atoms with Gasteiger partial charge >= 0.3 is 0 Å². The Morgan fingerprint density at radius 3 is 1.03 bits per heavy atom. The molecule has 0 saturated carbocycles. The Kier molecular flexibility index (Phi) is 16.4. The average Bonchev–Trinajstić information content (AvgIpc) is 3.31. The van der Waals surface area contributed by atoms with Crippen LogP contribution in [0.15, 0.2) is 97.1 Å². The van der Waals surface area contributed by atoms with Gasteiger partial charge in [-0.25, -0.2) is 0 Å². The van der Waals surface area contributed by atoms with E-state index in [4.69, 9.17) is 18.9 Å². The fourth-order valence-electron chi connectivity index (χ4n) is 9.61. The minimum Gasteiger partial charge on any atom is -0.493 e. The molecule has 0 radical (unpaired) electrons. The van der Waals surface area contributed by atoms with E-state index in [1.807, 2.05) is 36.4 Å². The normalized spacial score (nSPS) is 13.1. The zero-order valence-corrected chi connectivity index (χ0v) is 46.2. The molecule has 0 unspecified atom stereocenters. The van der Waals surface area contributed by atoms with Gasteiger partial charge in [-0.05, 0) is 113 Å². The molecule has 0 spiro atoms. The number of aldehydes is 1. The minimum absolute atomic E-state index is 0.0107. The smallest absolute Gasteiger partial charge is 0.270 e. The van der Waals surface area contributed by atoms with Gasteiger partial charge in [-0.2, -0.15) is 0 Å². The Bertz CT molecular complexity index is 2800. The number of rotatable bonds is 14. The van der Waals surface area contributed by atoms with Crippen LogP contribution in [0.25, 0.3) is 0 Å². The predicted octanol–water partition coefficient (Wildman–Crippen LogP) is 16.0. The Balaban J connectivity index is 1.46. The standard InChI is InChI=1S/C65H79NO7/c1-15-23-70-58-45-19-17-21-47(58)33-51-35-57(66(68)69)36-52(61(51)73-41-44-29-55(64(9,10)11)38-56(30-44)65(12,13)14)34-48-22-18-20-46(59(48)71-24-16-2)32-50-26-42(39-67)25-49(31-45)60(50)72-40-43-27-53(62(3,4)5)37-54(28-43)63(6,7)8/h17-22,25-30,35-39H,15-16,23-24,31-34,40-41H2,1-14H3. The number of benzene rings is 6. The van der Waals surface area contributed by atoms with Crippen LogP contribution < -0.4 is 18.9 Å². The van der Waals surface area contributed by atoms with E-state index in [0.29, 0.717) is 79.4 Å². The molecule has 8 bridgehead atoms. The van der Waals surface area contributed by atoms with Gasteiger partial charge in [0, 0.05) is 54.5 Å². The molecule has 8 nitrogen and oxygen atoms in total. The number of carbonyl (C=O) groups excluding carboxylic acids is 1. The molecule has 0 heterocycles. The summed E-state index contributed by atoms with van der Waals surface area (Å²) in [4.78, 5) is 25.6. The van der Waals surface area contributed by atoms with Crippen molar-refractivity contribution >= 4 is 12.0 Å². The third-order valence-electron chi connectivity index (χ3n) is 13.8. The lowest BCUT2D eigenvalue weighted by Gasteiger charge is -2.27. The number of hydrogen-bond acceptors (Lipinski definition) is 7. The molecule has 7 rings (SSSR count). The summed E-state index contributed by atoms with van der Waals surface area (Å²) < 4.78 is 27.7. The Labute approximate surface area is 436 Å². The van der Waals surface area contributed by atoms with Crippen molar-refractivity contribution in [1.82, 2.24) is 0 Å². The highest BCUT2D eigenvalue weighted by Gasteiger charge is 2.27. The lowest BCUT2D eigenvalue weighted by atomic mass is 9.79. The molecular formula is C65H79NO7. The van der Waals surface area contributed by atoms with E-state index in [1.54, 1.807) is 12.1 Å². The molecule has 6 aromatic carbocycles. The number of fused-ring (bicyclic) bond motifs is 8. The van der Waals surface area contributed by atoms with Crippen molar-refractivity contribution in [2.75, 3.05) is 13.2 Å². The van der Waals surface area contributed by atoms with Gasteiger partial charge in [-0.1, -0.05) is 170 Å². The molecular weight excluding hydrogens is 907 g/mol. The highest BCUT2D eigenvalue weighted by Crippen LogP contribution is 2.42. The molecule has 6 aromatic rings. The first-order chi connectivity index (χ1) is 34.4. The fraction of sp³-hybridized carbons (Fsp3) is 0.431. The van der Waals surface area contributed by atoms with E-state index in [-0.39, 0.29) is 38.9 Å². The van der Waals surface area contributed by atoms with Crippen molar-refractivity contribution in [2.45, 2.75) is 170 Å². The summed E-state index contributed by atoms with van der Waals surface area (Å²) >= 11 is 0. The van der Waals surface area contributed by atoms with Crippen LogP contribution in [0, 0.1) is 10.1 Å². The van der Waals surface area contributed by atoms with Crippen molar-refractivity contribution in [3.8, 4) is 23.0 Å². The van der Waals surface area contributed by atoms with Gasteiger partial charge in [-0.3, -0.25) is 14.9 Å². The van der Waals surface area contributed by atoms with E-state index < -0.39 is 0 Å². The van der Waals surface area contributed by atoms with Crippen molar-refractivity contribution < 1.29 is 28.7 Å². The summed E-state index contributed by atoms with van der Waals surface area (Å²) in [6.45, 7) is 32.5. The number of non-ortho nitro benzene ring substituents is 1. The third kappa shape index (κ3) is 13.2. The van der Waals surface area contributed by atoms with Crippen LogP contribution in [0.3, 0.4) is 0 Å². The zero-order valence-electron chi connectivity index (χ0n) is 46.2. The molecule has 73 heavy (non-hydrogen) atoms. The van der Waals surface area contributed by atoms with Crippen molar-refractivity contribution in [2.24, 2.45) is 0 Å². The number of nitro groups is 1. The van der Waals surface area contributed by atoms with Crippen LogP contribution in [0.1, 0.15) is 198 Å². The Hall–Kier alpha value is -6.41. The van der Waals surface area contributed by atoms with Crippen LogP contribution in [0.5, 0.6) is 23.0 Å². The number of nitrogens with zero attached hydrogens (tertiary/aromatic N) is 1. The molecule has 1 aliphatic carbocycles. The highest BCUT2D eigenvalue weighted by atomic mass is 16.6. The van der Waals surface area contributed by atoms with E-state index in [9.17, 15) is 14.9 Å². The van der Waals surface area contributed by atoms with E-state index in [2.05, 4.69) is 145 Å². The SMILES string of the molecule is CCCOc1c2cccc1Cc1cc([N+](=O)[O-])cc(c1OCc1cc(C(C)(C)C)cc(C(C)(C)C)c1)Cc1cccc(c1OCCC)Cc1cc(C=O)cc(c1OCc1cc(C(C)(C)C)cc(C(C)(C)C)c1)C2. The third-order valence-corrected chi connectivity index (χ3v) is 13.8. The maximum Gasteiger partial charge on any atom is 0.270 e. The molecule has 386 valence electrons. The van der Waals surface area contributed by atoms with Gasteiger partial charge in [-0.15, -0.1) is 0 Å². The molecule has 0 fully saturated rings. The lowest BCUT2D eigenvalue weighted by molar-refractivity contribution is -0.385. The minimum atomic E-state index is -0.310. The topological polar surface area (TPSA) is 97.1 Å². The zero-order chi connectivity index (χ0) is 53.0. The van der Waals surface area contributed by atoms with E-state index in [0.717, 1.165) is 69.4 Å². The van der Waals surface area contributed by atoms with Gasteiger partial charge in [0.1, 0.15) is 42.5 Å². The van der Waals surface area contributed by atoms with Crippen LogP contribution in [0.2, 0.25) is 0 Å². The number of carbonyl (C=O) groups is 1. The second-order valence-corrected chi connectivity index (χ2v) is 24.3. The van der Waals surface area contributed by atoms with Gasteiger partial charge in [0.2, 0.25) is 0 Å². The number of hydrogen-bond donors (Lipinski definition) is 0.